The van der Waals surface area contributed by atoms with Crippen molar-refractivity contribution in [2.75, 3.05) is 27.4 Å². The molecule has 0 aliphatic rings. The summed E-state index contributed by atoms with van der Waals surface area (Å²) >= 11 is 0. The third-order valence-corrected chi connectivity index (χ3v) is 4.81. The Bertz CT molecular complexity index is 846. The van der Waals surface area contributed by atoms with Gasteiger partial charge in [0.25, 0.3) is 5.91 Å². The quantitative estimate of drug-likeness (QED) is 0.647. The van der Waals surface area contributed by atoms with Crippen LogP contribution < -0.4 is 19.5 Å². The smallest absolute Gasteiger partial charge is 0.261 e. The maximum atomic E-state index is 13.0. The molecule has 1 atom stereocenters. The first-order chi connectivity index (χ1) is 14.4. The van der Waals surface area contributed by atoms with Gasteiger partial charge in [0.2, 0.25) is 5.91 Å². The summed E-state index contributed by atoms with van der Waals surface area (Å²) in [7, 11) is 3.09. The highest BCUT2D eigenvalue weighted by Gasteiger charge is 2.26. The second-order valence-corrected chi connectivity index (χ2v) is 6.86. The van der Waals surface area contributed by atoms with Crippen molar-refractivity contribution in [1.82, 2.24) is 10.2 Å². The third kappa shape index (κ3) is 6.14. The topological polar surface area (TPSA) is 77.1 Å². The lowest BCUT2D eigenvalue weighted by Crippen LogP contribution is -2.49. The van der Waals surface area contributed by atoms with Crippen LogP contribution in [0, 0.1) is 6.92 Å². The Hall–Kier alpha value is -3.22. The Morgan fingerprint density at radius 2 is 1.63 bits per heavy atom. The number of ether oxygens (including phenoxy) is 3. The first-order valence-electron chi connectivity index (χ1n) is 9.87. The van der Waals surface area contributed by atoms with Gasteiger partial charge in [-0.3, -0.25) is 9.59 Å². The van der Waals surface area contributed by atoms with Crippen LogP contribution in [0.5, 0.6) is 17.2 Å². The van der Waals surface area contributed by atoms with E-state index in [1.54, 1.807) is 39.3 Å². The zero-order chi connectivity index (χ0) is 22.1. The molecule has 0 aliphatic heterocycles. The van der Waals surface area contributed by atoms with E-state index in [-0.39, 0.29) is 18.4 Å². The van der Waals surface area contributed by atoms with Crippen LogP contribution in [0.4, 0.5) is 0 Å². The van der Waals surface area contributed by atoms with Crippen LogP contribution in [0.1, 0.15) is 25.0 Å². The predicted molar refractivity (Wildman–Crippen MR) is 115 cm³/mol. The molecular weight excluding hydrogens is 384 g/mol. The van der Waals surface area contributed by atoms with E-state index in [0.717, 1.165) is 11.1 Å². The summed E-state index contributed by atoms with van der Waals surface area (Å²) in [5.41, 5.74) is 2.03. The minimum atomic E-state index is -0.638. The van der Waals surface area contributed by atoms with Gasteiger partial charge in [-0.1, -0.05) is 24.3 Å². The molecular formula is C23H30N2O5. The lowest BCUT2D eigenvalue weighted by molar-refractivity contribution is -0.142. The Morgan fingerprint density at radius 3 is 2.20 bits per heavy atom. The Morgan fingerprint density at radius 1 is 1.03 bits per heavy atom. The third-order valence-electron chi connectivity index (χ3n) is 4.81. The fraction of sp³-hybridized carbons (Fsp3) is 0.391. The Labute approximate surface area is 177 Å². The standard InChI is InChI=1S/C23H30N2O5/c1-6-24-23(27)17(3)25(14-18-10-8-7-9-16(18)2)22(26)15-30-21-12-19(28-4)11-20(13-21)29-5/h7-13,17H,6,14-15H2,1-5H3,(H,24,27). The summed E-state index contributed by atoms with van der Waals surface area (Å²) < 4.78 is 16.2. The molecule has 1 N–H and O–H groups in total. The van der Waals surface area contributed by atoms with Crippen molar-refractivity contribution in [2.45, 2.75) is 33.4 Å². The maximum Gasteiger partial charge on any atom is 0.261 e. The fourth-order valence-electron chi connectivity index (χ4n) is 2.97. The monoisotopic (exact) mass is 414 g/mol. The largest absolute Gasteiger partial charge is 0.496 e. The minimum Gasteiger partial charge on any atom is -0.496 e. The van der Waals surface area contributed by atoms with Gasteiger partial charge in [-0.2, -0.15) is 0 Å². The molecule has 0 fully saturated rings. The number of methoxy groups -OCH3 is 2. The van der Waals surface area contributed by atoms with Gasteiger partial charge >= 0.3 is 0 Å². The van der Waals surface area contributed by atoms with E-state index in [2.05, 4.69) is 5.32 Å². The zero-order valence-electron chi connectivity index (χ0n) is 18.2. The zero-order valence-corrected chi connectivity index (χ0v) is 18.2. The molecule has 2 amide bonds. The van der Waals surface area contributed by atoms with Crippen LogP contribution >= 0.6 is 0 Å². The molecule has 0 spiro atoms. The van der Waals surface area contributed by atoms with Crippen LogP contribution in [-0.2, 0) is 16.1 Å². The molecule has 0 bridgehead atoms. The highest BCUT2D eigenvalue weighted by atomic mass is 16.5. The van der Waals surface area contributed by atoms with Gasteiger partial charge in [-0.05, 0) is 31.9 Å². The van der Waals surface area contributed by atoms with Crippen LogP contribution in [0.3, 0.4) is 0 Å². The number of hydrogen-bond acceptors (Lipinski definition) is 5. The molecule has 0 saturated heterocycles. The Balaban J connectivity index is 2.19. The van der Waals surface area contributed by atoms with Crippen molar-refractivity contribution in [1.29, 1.82) is 0 Å². The summed E-state index contributed by atoms with van der Waals surface area (Å²) in [6.07, 6.45) is 0. The maximum absolute atomic E-state index is 13.0. The number of rotatable bonds is 10. The van der Waals surface area contributed by atoms with E-state index >= 15 is 0 Å². The van der Waals surface area contributed by atoms with E-state index in [1.807, 2.05) is 38.1 Å². The lowest BCUT2D eigenvalue weighted by Gasteiger charge is -2.29. The van der Waals surface area contributed by atoms with E-state index in [4.69, 9.17) is 14.2 Å². The number of benzene rings is 2. The molecule has 0 heterocycles. The number of likely N-dealkylation sites (N-methyl/N-ethyl adjacent to an activating group) is 1. The number of carbonyl (C=O) groups excluding carboxylic acids is 2. The highest BCUT2D eigenvalue weighted by molar-refractivity contribution is 5.88. The van der Waals surface area contributed by atoms with Gasteiger partial charge in [-0.15, -0.1) is 0 Å². The first kappa shape index (κ1) is 23.1. The van der Waals surface area contributed by atoms with Crippen LogP contribution in [0.15, 0.2) is 42.5 Å². The normalized spacial score (nSPS) is 11.4. The number of aryl methyl sites for hydroxylation is 1. The molecule has 0 aliphatic carbocycles. The van der Waals surface area contributed by atoms with Crippen molar-refractivity contribution >= 4 is 11.8 Å². The fourth-order valence-corrected chi connectivity index (χ4v) is 2.97. The molecule has 1 unspecified atom stereocenters. The van der Waals surface area contributed by atoms with Crippen LogP contribution in [0.25, 0.3) is 0 Å². The molecule has 7 heteroatoms. The molecule has 7 nitrogen and oxygen atoms in total. The molecule has 0 saturated carbocycles. The van der Waals surface area contributed by atoms with Crippen LogP contribution in [0.2, 0.25) is 0 Å². The van der Waals surface area contributed by atoms with E-state index in [9.17, 15) is 9.59 Å². The molecule has 162 valence electrons. The SMILES string of the molecule is CCNC(=O)C(C)N(Cc1ccccc1C)C(=O)COc1cc(OC)cc(OC)c1. The summed E-state index contributed by atoms with van der Waals surface area (Å²) in [6, 6.07) is 12.2. The van der Waals surface area contributed by atoms with Gasteiger partial charge in [0.15, 0.2) is 6.61 Å². The van der Waals surface area contributed by atoms with Gasteiger partial charge in [-0.25, -0.2) is 0 Å². The van der Waals surface area contributed by atoms with E-state index in [1.165, 1.54) is 4.90 Å². The summed E-state index contributed by atoms with van der Waals surface area (Å²) in [4.78, 5) is 27.0. The molecule has 30 heavy (non-hydrogen) atoms. The van der Waals surface area contributed by atoms with Crippen molar-refractivity contribution in [3.8, 4) is 17.2 Å². The minimum absolute atomic E-state index is 0.206. The number of carbonyl (C=O) groups is 2. The average Bonchev–Trinajstić information content (AvgIpc) is 2.76. The van der Waals surface area contributed by atoms with Crippen molar-refractivity contribution in [3.63, 3.8) is 0 Å². The molecule has 0 aromatic heterocycles. The second kappa shape index (κ2) is 11.1. The van der Waals surface area contributed by atoms with Crippen molar-refractivity contribution < 1.29 is 23.8 Å². The second-order valence-electron chi connectivity index (χ2n) is 6.86. The van der Waals surface area contributed by atoms with Gasteiger partial charge in [0.1, 0.15) is 23.3 Å². The average molecular weight is 415 g/mol. The number of amides is 2. The number of hydrogen-bond donors (Lipinski definition) is 1. The van der Waals surface area contributed by atoms with Gasteiger partial charge in [0.05, 0.1) is 14.2 Å². The lowest BCUT2D eigenvalue weighted by atomic mass is 10.1. The van der Waals surface area contributed by atoms with Crippen molar-refractivity contribution in [3.05, 3.63) is 53.6 Å². The predicted octanol–water partition coefficient (Wildman–Crippen LogP) is 2.94. The first-order valence-corrected chi connectivity index (χ1v) is 9.87. The molecule has 2 aromatic rings. The number of nitrogens with one attached hydrogen (secondary N) is 1. The summed E-state index contributed by atoms with van der Waals surface area (Å²) in [6.45, 7) is 6.14. The van der Waals surface area contributed by atoms with Gasteiger partial charge < -0.3 is 24.4 Å². The van der Waals surface area contributed by atoms with E-state index in [0.29, 0.717) is 30.3 Å². The number of nitrogens with zero attached hydrogens (tertiary/aromatic N) is 1. The Kier molecular flexibility index (Phi) is 8.53. The molecule has 2 rings (SSSR count). The highest BCUT2D eigenvalue weighted by Crippen LogP contribution is 2.27. The van der Waals surface area contributed by atoms with Gasteiger partial charge in [0, 0.05) is 31.3 Å². The molecule has 2 aromatic carbocycles. The van der Waals surface area contributed by atoms with Crippen molar-refractivity contribution in [2.24, 2.45) is 0 Å². The summed E-state index contributed by atoms with van der Waals surface area (Å²) in [5.74, 6) is 1.07. The summed E-state index contributed by atoms with van der Waals surface area (Å²) in [5, 5.41) is 2.78. The van der Waals surface area contributed by atoms with Crippen LogP contribution in [-0.4, -0.2) is 50.1 Å². The van der Waals surface area contributed by atoms with E-state index < -0.39 is 6.04 Å². The molecule has 0 radical (unpaired) electrons.